The van der Waals surface area contributed by atoms with Crippen LogP contribution in [0.15, 0.2) is 12.3 Å². The van der Waals surface area contributed by atoms with Gasteiger partial charge in [0.1, 0.15) is 11.9 Å². The number of nitrogens with one attached hydrogen (secondary N) is 1. The van der Waals surface area contributed by atoms with E-state index in [2.05, 4.69) is 10.3 Å². The first-order valence-corrected chi connectivity index (χ1v) is 5.42. The molecule has 90 valence electrons. The van der Waals surface area contributed by atoms with Crippen molar-refractivity contribution in [1.29, 1.82) is 5.26 Å². The summed E-state index contributed by atoms with van der Waals surface area (Å²) in [5.41, 5.74) is 0.627. The molecule has 17 heavy (non-hydrogen) atoms. The maximum Gasteiger partial charge on any atom is 0.339 e. The van der Waals surface area contributed by atoms with Crippen molar-refractivity contribution in [3.8, 4) is 6.07 Å². The monoisotopic (exact) mass is 233 g/mol. The minimum atomic E-state index is -0.465. The topological polar surface area (TPSA) is 75.0 Å². The Morgan fingerprint density at radius 2 is 2.35 bits per heavy atom. The van der Waals surface area contributed by atoms with Crippen LogP contribution in [-0.4, -0.2) is 23.6 Å². The van der Waals surface area contributed by atoms with Gasteiger partial charge in [-0.1, -0.05) is 0 Å². The fraction of sp³-hybridized carbons (Fsp3) is 0.417. The predicted octanol–water partition coefficient (Wildman–Crippen LogP) is 1.95. The zero-order valence-electron chi connectivity index (χ0n) is 10.2. The van der Waals surface area contributed by atoms with Crippen molar-refractivity contribution in [2.24, 2.45) is 0 Å². The van der Waals surface area contributed by atoms with Gasteiger partial charge >= 0.3 is 5.97 Å². The summed E-state index contributed by atoms with van der Waals surface area (Å²) >= 11 is 0. The molecular formula is C12H15N3O2. The molecule has 0 unspecified atom stereocenters. The van der Waals surface area contributed by atoms with Crippen molar-refractivity contribution >= 4 is 11.8 Å². The molecule has 1 aromatic heterocycles. The largest absolute Gasteiger partial charge is 0.462 e. The van der Waals surface area contributed by atoms with Crippen molar-refractivity contribution in [1.82, 2.24) is 4.98 Å². The summed E-state index contributed by atoms with van der Waals surface area (Å²) in [4.78, 5) is 15.5. The molecule has 0 radical (unpaired) electrons. The van der Waals surface area contributed by atoms with Crippen LogP contribution in [-0.2, 0) is 4.74 Å². The SMILES string of the molecule is CCOC(=O)c1cnc(NC(C)C)c(C#N)c1. The van der Waals surface area contributed by atoms with E-state index in [4.69, 9.17) is 10.00 Å². The van der Waals surface area contributed by atoms with Crippen LogP contribution in [0.4, 0.5) is 5.82 Å². The molecule has 1 heterocycles. The maximum atomic E-state index is 11.5. The second-order valence-corrected chi connectivity index (χ2v) is 3.75. The summed E-state index contributed by atoms with van der Waals surface area (Å²) in [6, 6.07) is 3.66. The Hall–Kier alpha value is -2.09. The molecular weight excluding hydrogens is 218 g/mol. The number of hydrogen-bond donors (Lipinski definition) is 1. The zero-order chi connectivity index (χ0) is 12.8. The molecule has 0 saturated carbocycles. The first kappa shape index (κ1) is 13.0. The number of rotatable bonds is 4. The molecule has 0 aromatic carbocycles. The Morgan fingerprint density at radius 1 is 1.65 bits per heavy atom. The van der Waals surface area contributed by atoms with Gasteiger partial charge in [0.05, 0.1) is 17.7 Å². The summed E-state index contributed by atoms with van der Waals surface area (Å²) in [5, 5.41) is 12.0. The van der Waals surface area contributed by atoms with Gasteiger partial charge in [-0.05, 0) is 26.8 Å². The second kappa shape index (κ2) is 5.85. The average Bonchev–Trinajstić information content (AvgIpc) is 2.29. The highest BCUT2D eigenvalue weighted by Gasteiger charge is 2.12. The lowest BCUT2D eigenvalue weighted by molar-refractivity contribution is 0.0526. The van der Waals surface area contributed by atoms with Crippen LogP contribution in [0.5, 0.6) is 0 Å². The Balaban J connectivity index is 3.01. The average molecular weight is 233 g/mol. The Labute approximate surface area is 100 Å². The van der Waals surface area contributed by atoms with Gasteiger partial charge in [0, 0.05) is 12.2 Å². The van der Waals surface area contributed by atoms with Crippen molar-refractivity contribution in [3.63, 3.8) is 0 Å². The number of ether oxygens (including phenoxy) is 1. The molecule has 0 spiro atoms. The number of nitrogens with zero attached hydrogens (tertiary/aromatic N) is 2. The summed E-state index contributed by atoms with van der Waals surface area (Å²) in [6.07, 6.45) is 1.41. The van der Waals surface area contributed by atoms with Crippen LogP contribution < -0.4 is 5.32 Å². The molecule has 0 bridgehead atoms. The molecule has 0 saturated heterocycles. The number of aromatic nitrogens is 1. The normalized spacial score (nSPS) is 9.82. The highest BCUT2D eigenvalue weighted by atomic mass is 16.5. The Kier molecular flexibility index (Phi) is 4.46. The van der Waals surface area contributed by atoms with Crippen LogP contribution >= 0.6 is 0 Å². The number of carbonyl (C=O) groups excluding carboxylic acids is 1. The van der Waals surface area contributed by atoms with Gasteiger partial charge in [0.15, 0.2) is 0 Å². The lowest BCUT2D eigenvalue weighted by Gasteiger charge is -2.11. The van der Waals surface area contributed by atoms with Crippen LogP contribution in [0, 0.1) is 11.3 Å². The molecule has 0 amide bonds. The fourth-order valence-corrected chi connectivity index (χ4v) is 1.26. The first-order valence-electron chi connectivity index (χ1n) is 5.42. The van der Waals surface area contributed by atoms with E-state index in [0.29, 0.717) is 18.0 Å². The van der Waals surface area contributed by atoms with E-state index < -0.39 is 5.97 Å². The van der Waals surface area contributed by atoms with Crippen molar-refractivity contribution in [2.75, 3.05) is 11.9 Å². The minimum Gasteiger partial charge on any atom is -0.462 e. The van der Waals surface area contributed by atoms with E-state index in [0.717, 1.165) is 0 Å². The number of carbonyl (C=O) groups is 1. The van der Waals surface area contributed by atoms with Gasteiger partial charge in [0.2, 0.25) is 0 Å². The number of hydrogen-bond acceptors (Lipinski definition) is 5. The first-order chi connectivity index (χ1) is 8.08. The Morgan fingerprint density at radius 3 is 2.88 bits per heavy atom. The molecule has 0 aliphatic carbocycles. The lowest BCUT2D eigenvalue weighted by atomic mass is 10.2. The summed E-state index contributed by atoms with van der Waals surface area (Å²) in [5.74, 6) is 0.0168. The molecule has 0 aliphatic heterocycles. The van der Waals surface area contributed by atoms with E-state index in [1.165, 1.54) is 12.3 Å². The number of anilines is 1. The quantitative estimate of drug-likeness (QED) is 0.804. The molecule has 0 aliphatic rings. The van der Waals surface area contributed by atoms with Gasteiger partial charge < -0.3 is 10.1 Å². The number of nitriles is 1. The van der Waals surface area contributed by atoms with E-state index in [-0.39, 0.29) is 11.6 Å². The van der Waals surface area contributed by atoms with Crippen molar-refractivity contribution < 1.29 is 9.53 Å². The third-order valence-corrected chi connectivity index (χ3v) is 1.94. The summed E-state index contributed by atoms with van der Waals surface area (Å²) in [7, 11) is 0. The highest BCUT2D eigenvalue weighted by molar-refractivity contribution is 5.90. The van der Waals surface area contributed by atoms with Gasteiger partial charge in [-0.15, -0.1) is 0 Å². The van der Waals surface area contributed by atoms with Crippen LogP contribution in [0.1, 0.15) is 36.7 Å². The number of esters is 1. The molecule has 1 N–H and O–H groups in total. The van der Waals surface area contributed by atoms with Crippen LogP contribution in [0.3, 0.4) is 0 Å². The third kappa shape index (κ3) is 3.45. The van der Waals surface area contributed by atoms with Crippen LogP contribution in [0.2, 0.25) is 0 Å². The molecule has 1 rings (SSSR count). The molecule has 0 fully saturated rings. The molecule has 0 atom stereocenters. The van der Waals surface area contributed by atoms with Gasteiger partial charge in [-0.3, -0.25) is 0 Å². The lowest BCUT2D eigenvalue weighted by Crippen LogP contribution is -2.13. The summed E-state index contributed by atoms with van der Waals surface area (Å²) in [6.45, 7) is 5.92. The maximum absolute atomic E-state index is 11.5. The predicted molar refractivity (Wildman–Crippen MR) is 63.7 cm³/mol. The Bertz CT molecular complexity index is 450. The minimum absolute atomic E-state index is 0.169. The second-order valence-electron chi connectivity index (χ2n) is 3.75. The van der Waals surface area contributed by atoms with Gasteiger partial charge in [-0.25, -0.2) is 9.78 Å². The van der Waals surface area contributed by atoms with Gasteiger partial charge in [-0.2, -0.15) is 5.26 Å². The van der Waals surface area contributed by atoms with Crippen molar-refractivity contribution in [2.45, 2.75) is 26.8 Å². The van der Waals surface area contributed by atoms with E-state index in [9.17, 15) is 4.79 Å². The van der Waals surface area contributed by atoms with Crippen LogP contribution in [0.25, 0.3) is 0 Å². The standard InChI is InChI=1S/C12H15N3O2/c1-4-17-12(16)10-5-9(6-13)11(14-7-10)15-8(2)3/h5,7-8H,4H2,1-3H3,(H,14,15). The fourth-order valence-electron chi connectivity index (χ4n) is 1.26. The van der Waals surface area contributed by atoms with Crippen molar-refractivity contribution in [3.05, 3.63) is 23.4 Å². The molecule has 1 aromatic rings. The smallest absolute Gasteiger partial charge is 0.339 e. The van der Waals surface area contributed by atoms with E-state index in [1.807, 2.05) is 19.9 Å². The summed E-state index contributed by atoms with van der Waals surface area (Å²) < 4.78 is 4.84. The highest BCUT2D eigenvalue weighted by Crippen LogP contribution is 2.14. The van der Waals surface area contributed by atoms with Gasteiger partial charge in [0.25, 0.3) is 0 Å². The van der Waals surface area contributed by atoms with E-state index >= 15 is 0 Å². The molecule has 5 heteroatoms. The van der Waals surface area contributed by atoms with E-state index in [1.54, 1.807) is 6.92 Å². The third-order valence-electron chi connectivity index (χ3n) is 1.94. The number of pyridine rings is 1. The zero-order valence-corrected chi connectivity index (χ0v) is 10.2. The molecule has 5 nitrogen and oxygen atoms in total.